The van der Waals surface area contributed by atoms with Gasteiger partial charge in [-0.15, -0.1) is 0 Å². The lowest BCUT2D eigenvalue weighted by molar-refractivity contribution is -0.130. The van der Waals surface area contributed by atoms with Crippen molar-refractivity contribution in [1.29, 1.82) is 0 Å². The molecular formula is C16H30N2O. The van der Waals surface area contributed by atoms with Crippen LogP contribution in [0.4, 0.5) is 0 Å². The SMILES string of the molecule is CCCCCCCCC(=O)N1CC2CCCNC2C1. The molecule has 2 fully saturated rings. The summed E-state index contributed by atoms with van der Waals surface area (Å²) in [5.74, 6) is 1.12. The zero-order valence-corrected chi connectivity index (χ0v) is 12.5. The van der Waals surface area contributed by atoms with Crippen LogP contribution in [0, 0.1) is 5.92 Å². The van der Waals surface area contributed by atoms with Crippen molar-refractivity contribution < 1.29 is 4.79 Å². The van der Waals surface area contributed by atoms with E-state index in [2.05, 4.69) is 17.1 Å². The van der Waals surface area contributed by atoms with Crippen molar-refractivity contribution >= 4 is 5.91 Å². The van der Waals surface area contributed by atoms with Crippen LogP contribution in [0.5, 0.6) is 0 Å². The molecule has 0 radical (unpaired) electrons. The predicted molar refractivity (Wildman–Crippen MR) is 79.1 cm³/mol. The summed E-state index contributed by atoms with van der Waals surface area (Å²) in [4.78, 5) is 14.3. The summed E-state index contributed by atoms with van der Waals surface area (Å²) in [5, 5.41) is 3.56. The molecule has 0 spiro atoms. The van der Waals surface area contributed by atoms with Crippen LogP contribution in [0.1, 0.15) is 64.7 Å². The second-order valence-corrected chi connectivity index (χ2v) is 6.28. The molecule has 2 unspecified atom stereocenters. The maximum Gasteiger partial charge on any atom is 0.222 e. The number of rotatable bonds is 7. The van der Waals surface area contributed by atoms with E-state index in [1.807, 2.05) is 0 Å². The fraction of sp³-hybridized carbons (Fsp3) is 0.938. The summed E-state index contributed by atoms with van der Waals surface area (Å²) >= 11 is 0. The Bertz CT molecular complexity index is 266. The second kappa shape index (κ2) is 7.88. The van der Waals surface area contributed by atoms with Gasteiger partial charge in [-0.3, -0.25) is 4.79 Å². The predicted octanol–water partition coefficient (Wildman–Crippen LogP) is 2.95. The van der Waals surface area contributed by atoms with Gasteiger partial charge in [0, 0.05) is 25.6 Å². The molecule has 110 valence electrons. The number of unbranched alkanes of at least 4 members (excludes halogenated alkanes) is 5. The topological polar surface area (TPSA) is 32.3 Å². The standard InChI is InChI=1S/C16H30N2O/c1-2-3-4-5-6-7-10-16(19)18-12-14-9-8-11-17-15(14)13-18/h14-15,17H,2-13H2,1H3. The third-order valence-corrected chi connectivity index (χ3v) is 4.70. The van der Waals surface area contributed by atoms with Crippen LogP contribution in [0.3, 0.4) is 0 Å². The fourth-order valence-electron chi connectivity index (χ4n) is 3.47. The Hall–Kier alpha value is -0.570. The van der Waals surface area contributed by atoms with Gasteiger partial charge in [0.25, 0.3) is 0 Å². The monoisotopic (exact) mass is 266 g/mol. The van der Waals surface area contributed by atoms with E-state index in [0.717, 1.165) is 38.4 Å². The van der Waals surface area contributed by atoms with Crippen molar-refractivity contribution in [3.8, 4) is 0 Å². The molecule has 3 nitrogen and oxygen atoms in total. The molecular weight excluding hydrogens is 236 g/mol. The number of carbonyl (C=O) groups excluding carboxylic acids is 1. The molecule has 2 aliphatic rings. The number of nitrogens with zero attached hydrogens (tertiary/aromatic N) is 1. The average Bonchev–Trinajstić information content (AvgIpc) is 2.86. The van der Waals surface area contributed by atoms with Crippen LogP contribution in [-0.4, -0.2) is 36.5 Å². The number of hydrogen-bond acceptors (Lipinski definition) is 2. The average molecular weight is 266 g/mol. The van der Waals surface area contributed by atoms with Gasteiger partial charge in [-0.25, -0.2) is 0 Å². The number of hydrogen-bond donors (Lipinski definition) is 1. The lowest BCUT2D eigenvalue weighted by atomic mass is 9.94. The van der Waals surface area contributed by atoms with Crippen LogP contribution in [0.2, 0.25) is 0 Å². The number of amides is 1. The largest absolute Gasteiger partial charge is 0.341 e. The first kappa shape index (κ1) is 14.8. The molecule has 1 N–H and O–H groups in total. The highest BCUT2D eigenvalue weighted by atomic mass is 16.2. The van der Waals surface area contributed by atoms with Gasteiger partial charge >= 0.3 is 0 Å². The quantitative estimate of drug-likeness (QED) is 0.719. The van der Waals surface area contributed by atoms with Crippen LogP contribution in [0.15, 0.2) is 0 Å². The first-order valence-electron chi connectivity index (χ1n) is 8.32. The summed E-state index contributed by atoms with van der Waals surface area (Å²) in [5.41, 5.74) is 0. The molecule has 19 heavy (non-hydrogen) atoms. The molecule has 3 heteroatoms. The number of fused-ring (bicyclic) bond motifs is 1. The molecule has 0 aromatic carbocycles. The van der Waals surface area contributed by atoms with Crippen molar-refractivity contribution in [3.05, 3.63) is 0 Å². The number of piperidine rings is 1. The van der Waals surface area contributed by atoms with Gasteiger partial charge in [0.05, 0.1) is 0 Å². The smallest absolute Gasteiger partial charge is 0.222 e. The van der Waals surface area contributed by atoms with Crippen LogP contribution in [0.25, 0.3) is 0 Å². The highest BCUT2D eigenvalue weighted by Gasteiger charge is 2.35. The molecule has 0 aromatic rings. The van der Waals surface area contributed by atoms with Crippen molar-refractivity contribution in [2.24, 2.45) is 5.92 Å². The Labute approximate surface area is 118 Å². The van der Waals surface area contributed by atoms with Crippen LogP contribution >= 0.6 is 0 Å². The molecule has 1 amide bonds. The van der Waals surface area contributed by atoms with E-state index in [1.54, 1.807) is 0 Å². The van der Waals surface area contributed by atoms with E-state index in [-0.39, 0.29) is 0 Å². The van der Waals surface area contributed by atoms with E-state index in [0.29, 0.717) is 11.9 Å². The summed E-state index contributed by atoms with van der Waals surface area (Å²) in [6.07, 6.45) is 10.9. The molecule has 2 atom stereocenters. The molecule has 0 saturated carbocycles. The Balaban J connectivity index is 1.59. The lowest BCUT2D eigenvalue weighted by Gasteiger charge is -2.24. The van der Waals surface area contributed by atoms with Crippen molar-refractivity contribution in [2.45, 2.75) is 70.8 Å². The first-order chi connectivity index (χ1) is 9.31. The Kier molecular flexibility index (Phi) is 6.15. The number of likely N-dealkylation sites (tertiary alicyclic amines) is 1. The second-order valence-electron chi connectivity index (χ2n) is 6.28. The fourth-order valence-corrected chi connectivity index (χ4v) is 3.47. The van der Waals surface area contributed by atoms with Gasteiger partial charge in [-0.05, 0) is 31.7 Å². The van der Waals surface area contributed by atoms with E-state index in [1.165, 1.54) is 44.9 Å². The van der Waals surface area contributed by atoms with Gasteiger partial charge < -0.3 is 10.2 Å². The summed E-state index contributed by atoms with van der Waals surface area (Å²) in [7, 11) is 0. The Morgan fingerprint density at radius 2 is 1.95 bits per heavy atom. The molecule has 0 bridgehead atoms. The van der Waals surface area contributed by atoms with Crippen molar-refractivity contribution in [1.82, 2.24) is 10.2 Å². The highest BCUT2D eigenvalue weighted by Crippen LogP contribution is 2.25. The molecule has 0 aromatic heterocycles. The Morgan fingerprint density at radius 3 is 2.74 bits per heavy atom. The van der Waals surface area contributed by atoms with Gasteiger partial charge in [-0.2, -0.15) is 0 Å². The maximum atomic E-state index is 12.2. The molecule has 2 heterocycles. The van der Waals surface area contributed by atoms with Gasteiger partial charge in [0.2, 0.25) is 5.91 Å². The van der Waals surface area contributed by atoms with Crippen LogP contribution < -0.4 is 5.32 Å². The first-order valence-corrected chi connectivity index (χ1v) is 8.32. The van der Waals surface area contributed by atoms with Crippen molar-refractivity contribution in [2.75, 3.05) is 19.6 Å². The highest BCUT2D eigenvalue weighted by molar-refractivity contribution is 5.76. The minimum Gasteiger partial charge on any atom is -0.341 e. The minimum atomic E-state index is 0.395. The summed E-state index contributed by atoms with van der Waals surface area (Å²) in [6, 6.07) is 0.585. The van der Waals surface area contributed by atoms with Gasteiger partial charge in [0.15, 0.2) is 0 Å². The molecule has 2 aliphatic heterocycles. The van der Waals surface area contributed by atoms with E-state index < -0.39 is 0 Å². The molecule has 2 rings (SSSR count). The van der Waals surface area contributed by atoms with E-state index in [9.17, 15) is 4.79 Å². The summed E-state index contributed by atoms with van der Waals surface area (Å²) in [6.45, 7) is 5.34. The molecule has 2 saturated heterocycles. The normalized spacial score (nSPS) is 26.5. The van der Waals surface area contributed by atoms with Crippen LogP contribution in [-0.2, 0) is 4.79 Å². The number of carbonyl (C=O) groups is 1. The van der Waals surface area contributed by atoms with Gasteiger partial charge in [0.1, 0.15) is 0 Å². The van der Waals surface area contributed by atoms with E-state index in [4.69, 9.17) is 0 Å². The van der Waals surface area contributed by atoms with E-state index >= 15 is 0 Å². The maximum absolute atomic E-state index is 12.2. The third kappa shape index (κ3) is 4.48. The summed E-state index contributed by atoms with van der Waals surface area (Å²) < 4.78 is 0. The van der Waals surface area contributed by atoms with Crippen molar-refractivity contribution in [3.63, 3.8) is 0 Å². The number of nitrogens with one attached hydrogen (secondary N) is 1. The molecule has 0 aliphatic carbocycles. The zero-order chi connectivity index (χ0) is 13.5. The zero-order valence-electron chi connectivity index (χ0n) is 12.5. The third-order valence-electron chi connectivity index (χ3n) is 4.70. The Morgan fingerprint density at radius 1 is 1.16 bits per heavy atom. The van der Waals surface area contributed by atoms with Gasteiger partial charge in [-0.1, -0.05) is 39.0 Å². The minimum absolute atomic E-state index is 0.395. The lowest BCUT2D eigenvalue weighted by Crippen LogP contribution is -2.41.